The molecule has 0 saturated heterocycles. The summed E-state index contributed by atoms with van der Waals surface area (Å²) in [5.41, 5.74) is 9.28. The summed E-state index contributed by atoms with van der Waals surface area (Å²) in [5.74, 6) is 0.869. The molecular weight excluding hydrogens is 722 g/mol. The van der Waals surface area contributed by atoms with E-state index in [0.717, 1.165) is 44.7 Å². The van der Waals surface area contributed by atoms with Crippen LogP contribution < -0.4 is 0 Å². The van der Waals surface area contributed by atoms with Crippen LogP contribution in [0.5, 0.6) is 5.75 Å². The van der Waals surface area contributed by atoms with Crippen molar-refractivity contribution in [3.8, 4) is 45.2 Å². The number of pyridine rings is 1. The Morgan fingerprint density at radius 3 is 2.09 bits per heavy atom. The van der Waals surface area contributed by atoms with Gasteiger partial charge in [0, 0.05) is 44.1 Å². The van der Waals surface area contributed by atoms with Crippen LogP contribution in [-0.2, 0) is 26.5 Å². The van der Waals surface area contributed by atoms with Gasteiger partial charge in [0.1, 0.15) is 11.6 Å². The molecule has 0 spiro atoms. The minimum Gasteiger partial charge on any atom is -0.507 e. The third kappa shape index (κ3) is 5.16. The van der Waals surface area contributed by atoms with Gasteiger partial charge in [-0.15, -0.1) is 29.8 Å². The third-order valence-electron chi connectivity index (χ3n) is 8.16. The van der Waals surface area contributed by atoms with E-state index < -0.39 is 0 Å². The fourth-order valence-electron chi connectivity index (χ4n) is 5.90. The Balaban J connectivity index is 0.00000343. The molecule has 0 bridgehead atoms. The molecule has 0 aliphatic carbocycles. The fourth-order valence-corrected chi connectivity index (χ4v) is 5.90. The molecule has 0 aliphatic heterocycles. The van der Waals surface area contributed by atoms with E-state index in [1.54, 1.807) is 6.07 Å². The van der Waals surface area contributed by atoms with E-state index >= 15 is 0 Å². The number of benzene rings is 5. The Morgan fingerprint density at radius 2 is 1.32 bits per heavy atom. The van der Waals surface area contributed by atoms with Crippen molar-refractivity contribution in [1.29, 1.82) is 0 Å². The van der Waals surface area contributed by atoms with Gasteiger partial charge in [0.15, 0.2) is 0 Å². The van der Waals surface area contributed by atoms with Crippen LogP contribution in [0, 0.1) is 6.07 Å². The number of phenols is 1. The SMILES string of the molecule is CC(C)(c1ccccc1)c1cccnc1-c1[c-]c(-c2cccc3c2nc(-c2ccccc2O)n3-c2ccccc2)ccc1.[Pt]. The van der Waals surface area contributed by atoms with Crippen LogP contribution in [0.1, 0.15) is 25.0 Å². The molecule has 0 aliphatic rings. The fraction of sp³-hybridized carbons (Fsp3) is 0.0769. The van der Waals surface area contributed by atoms with Crippen LogP contribution in [0.15, 0.2) is 140 Å². The molecule has 0 unspecified atom stereocenters. The number of phenolic OH excluding ortho intramolecular Hbond substituents is 1. The van der Waals surface area contributed by atoms with Gasteiger partial charge < -0.3 is 5.11 Å². The van der Waals surface area contributed by atoms with Crippen molar-refractivity contribution in [2.45, 2.75) is 19.3 Å². The number of para-hydroxylation sites is 3. The number of aromatic hydroxyl groups is 1. The van der Waals surface area contributed by atoms with Crippen molar-refractivity contribution in [3.05, 3.63) is 157 Å². The Bertz CT molecular complexity index is 2070. The summed E-state index contributed by atoms with van der Waals surface area (Å²) in [4.78, 5) is 10.0. The van der Waals surface area contributed by atoms with Crippen LogP contribution in [0.4, 0.5) is 0 Å². The average Bonchev–Trinajstić information content (AvgIpc) is 3.45. The molecule has 7 aromatic rings. The molecule has 0 amide bonds. The zero-order valence-electron chi connectivity index (χ0n) is 24.4. The minimum atomic E-state index is -0.254. The van der Waals surface area contributed by atoms with Gasteiger partial charge in [0.05, 0.1) is 16.6 Å². The van der Waals surface area contributed by atoms with Gasteiger partial charge in [-0.05, 0) is 47.5 Å². The largest absolute Gasteiger partial charge is 0.507 e. The average molecular weight is 752 g/mol. The zero-order chi connectivity index (χ0) is 29.4. The smallest absolute Gasteiger partial charge is 0.148 e. The second-order valence-electron chi connectivity index (χ2n) is 11.2. The third-order valence-corrected chi connectivity index (χ3v) is 8.16. The first kappa shape index (κ1) is 29.3. The Hall–Kier alpha value is -4.79. The van der Waals surface area contributed by atoms with Gasteiger partial charge in [0.25, 0.3) is 0 Å². The maximum Gasteiger partial charge on any atom is 0.148 e. The molecule has 44 heavy (non-hydrogen) atoms. The number of imidazole rings is 1. The van der Waals surface area contributed by atoms with E-state index in [0.29, 0.717) is 11.4 Å². The summed E-state index contributed by atoms with van der Waals surface area (Å²) in [6.45, 7) is 4.48. The standard InChI is InChI=1S/C39H30N3O.Pt/c1-39(2,29-16-5-3-6-17-29)33-22-13-25-40-36(33)28-15-11-14-27(26-28)31-21-12-23-34-37(31)41-38(32-20-9-10-24-35(32)43)42(34)30-18-7-4-8-19-30;/h3-25,43H,1-2H3;/q-1;. The Kier molecular flexibility index (Phi) is 8.03. The first-order chi connectivity index (χ1) is 21.0. The van der Waals surface area contributed by atoms with Crippen molar-refractivity contribution in [2.75, 3.05) is 0 Å². The summed E-state index contributed by atoms with van der Waals surface area (Å²) >= 11 is 0. The molecule has 7 rings (SSSR count). The number of hydrogen-bond acceptors (Lipinski definition) is 3. The molecule has 218 valence electrons. The molecule has 4 nitrogen and oxygen atoms in total. The van der Waals surface area contributed by atoms with Crippen molar-refractivity contribution in [3.63, 3.8) is 0 Å². The molecule has 0 radical (unpaired) electrons. The summed E-state index contributed by atoms with van der Waals surface area (Å²) < 4.78 is 2.11. The molecule has 5 heteroatoms. The molecule has 5 aromatic carbocycles. The summed E-state index contributed by atoms with van der Waals surface area (Å²) in [5, 5.41) is 10.8. The summed E-state index contributed by atoms with van der Waals surface area (Å²) in [6, 6.07) is 48.3. The molecule has 0 saturated carbocycles. The normalized spacial score (nSPS) is 11.3. The van der Waals surface area contributed by atoms with Crippen LogP contribution >= 0.6 is 0 Å². The zero-order valence-corrected chi connectivity index (χ0v) is 26.7. The second-order valence-corrected chi connectivity index (χ2v) is 11.2. The van der Waals surface area contributed by atoms with Crippen molar-refractivity contribution in [2.24, 2.45) is 0 Å². The predicted molar refractivity (Wildman–Crippen MR) is 174 cm³/mol. The summed E-state index contributed by atoms with van der Waals surface area (Å²) in [7, 11) is 0. The molecule has 0 fully saturated rings. The quantitative estimate of drug-likeness (QED) is 0.173. The van der Waals surface area contributed by atoms with E-state index in [1.165, 1.54) is 5.56 Å². The van der Waals surface area contributed by atoms with Gasteiger partial charge in [-0.25, -0.2) is 4.98 Å². The van der Waals surface area contributed by atoms with Crippen molar-refractivity contribution < 1.29 is 26.2 Å². The van der Waals surface area contributed by atoms with Crippen LogP contribution in [-0.4, -0.2) is 19.6 Å². The van der Waals surface area contributed by atoms with E-state index in [9.17, 15) is 5.11 Å². The second kappa shape index (κ2) is 12.1. The first-order valence-corrected chi connectivity index (χ1v) is 14.4. The van der Waals surface area contributed by atoms with Crippen molar-refractivity contribution in [1.82, 2.24) is 14.5 Å². The van der Waals surface area contributed by atoms with Gasteiger partial charge >= 0.3 is 0 Å². The number of hydrogen-bond donors (Lipinski definition) is 1. The van der Waals surface area contributed by atoms with Crippen LogP contribution in [0.3, 0.4) is 0 Å². The topological polar surface area (TPSA) is 50.9 Å². The first-order valence-electron chi connectivity index (χ1n) is 14.4. The molecule has 2 heterocycles. The molecule has 0 atom stereocenters. The van der Waals surface area contributed by atoms with E-state index in [4.69, 9.17) is 9.97 Å². The maximum absolute atomic E-state index is 10.8. The van der Waals surface area contributed by atoms with Gasteiger partial charge in [-0.3, -0.25) is 9.55 Å². The number of rotatable bonds is 6. The van der Waals surface area contributed by atoms with E-state index in [1.807, 2.05) is 54.7 Å². The Labute approximate surface area is 272 Å². The predicted octanol–water partition coefficient (Wildman–Crippen LogP) is 9.25. The van der Waals surface area contributed by atoms with E-state index in [2.05, 4.69) is 103 Å². The molecular formula is C39H30N3OPt-. The van der Waals surface area contributed by atoms with Gasteiger partial charge in [-0.2, -0.15) is 0 Å². The van der Waals surface area contributed by atoms with Crippen LogP contribution in [0.2, 0.25) is 0 Å². The van der Waals surface area contributed by atoms with Gasteiger partial charge in [-0.1, -0.05) is 104 Å². The molecule has 1 N–H and O–H groups in total. The summed E-state index contributed by atoms with van der Waals surface area (Å²) in [6.07, 6.45) is 1.85. The van der Waals surface area contributed by atoms with Crippen LogP contribution in [0.25, 0.3) is 50.5 Å². The maximum atomic E-state index is 10.8. The van der Waals surface area contributed by atoms with E-state index in [-0.39, 0.29) is 32.2 Å². The minimum absolute atomic E-state index is 0. The number of fused-ring (bicyclic) bond motifs is 1. The number of nitrogens with zero attached hydrogens (tertiary/aromatic N) is 3. The molecule has 2 aromatic heterocycles. The Morgan fingerprint density at radius 1 is 0.659 bits per heavy atom. The van der Waals surface area contributed by atoms with Gasteiger partial charge in [0.2, 0.25) is 0 Å². The van der Waals surface area contributed by atoms with Crippen molar-refractivity contribution >= 4 is 11.0 Å². The number of aromatic nitrogens is 3. The monoisotopic (exact) mass is 751 g/mol.